The fraction of sp³-hybridized carbons (Fsp3) is 0.194. The van der Waals surface area contributed by atoms with Crippen LogP contribution in [0.4, 0.5) is 11.4 Å². The first-order valence-corrected chi connectivity index (χ1v) is 12.7. The van der Waals surface area contributed by atoms with Gasteiger partial charge >= 0.3 is 21.1 Å². The number of hydrogen-bond acceptors (Lipinski definition) is 3. The third-order valence-corrected chi connectivity index (χ3v) is 6.80. The van der Waals surface area contributed by atoms with Gasteiger partial charge in [0.2, 0.25) is 5.91 Å². The molecule has 38 heavy (non-hydrogen) atoms. The van der Waals surface area contributed by atoms with Crippen LogP contribution >= 0.6 is 0 Å². The van der Waals surface area contributed by atoms with E-state index >= 15 is 0 Å². The first-order chi connectivity index (χ1) is 18.2. The number of nitrogens with zero attached hydrogens (tertiary/aromatic N) is 5. The summed E-state index contributed by atoms with van der Waals surface area (Å²) in [6.45, 7) is 2.01. The molecular formula is C31H27N5OPt. The molecule has 7 heteroatoms. The summed E-state index contributed by atoms with van der Waals surface area (Å²) in [6, 6.07) is 21.5. The quantitative estimate of drug-likeness (QED) is 0.215. The van der Waals surface area contributed by atoms with Crippen LogP contribution in [0.1, 0.15) is 35.2 Å². The van der Waals surface area contributed by atoms with Crippen molar-refractivity contribution in [2.75, 3.05) is 4.90 Å². The number of carbonyl (C=O) groups excluding carboxylic acids is 1. The maximum atomic E-state index is 14.1. The molecule has 6 rings (SSSR count). The van der Waals surface area contributed by atoms with Crippen LogP contribution in [-0.2, 0) is 45.1 Å². The Labute approximate surface area is 237 Å². The predicted molar refractivity (Wildman–Crippen MR) is 143 cm³/mol. The molecular weight excluding hydrogens is 653 g/mol. The van der Waals surface area contributed by atoms with E-state index in [1.807, 2.05) is 93.9 Å². The summed E-state index contributed by atoms with van der Waals surface area (Å²) in [5, 5.41) is 0. The molecule has 0 radical (unpaired) electrons. The van der Waals surface area contributed by atoms with Gasteiger partial charge in [-0.25, -0.2) is 0 Å². The maximum Gasteiger partial charge on any atom is 2.00 e. The largest absolute Gasteiger partial charge is 2.00 e. The minimum Gasteiger partial charge on any atom is -0.434 e. The number of rotatable bonds is 6. The van der Waals surface area contributed by atoms with Gasteiger partial charge in [-0.3, -0.25) is 14.8 Å². The number of amides is 1. The van der Waals surface area contributed by atoms with Crippen LogP contribution in [0, 0.1) is 19.3 Å². The van der Waals surface area contributed by atoms with E-state index in [1.54, 1.807) is 12.4 Å². The number of hydrogen-bond donors (Lipinski definition) is 0. The Balaban J connectivity index is 0.00000294. The molecule has 0 unspecified atom stereocenters. The van der Waals surface area contributed by atoms with E-state index in [0.717, 1.165) is 65.4 Å². The van der Waals surface area contributed by atoms with Gasteiger partial charge in [0.05, 0.1) is 18.1 Å². The van der Waals surface area contributed by atoms with Crippen molar-refractivity contribution >= 4 is 17.3 Å². The number of anilines is 2. The molecule has 0 saturated carbocycles. The third kappa shape index (κ3) is 5.01. The van der Waals surface area contributed by atoms with Gasteiger partial charge in [0.25, 0.3) is 0 Å². The molecule has 192 valence electrons. The molecule has 0 bridgehead atoms. The Bertz CT molecular complexity index is 1530. The number of fused-ring (bicyclic) bond motifs is 1. The van der Waals surface area contributed by atoms with Gasteiger partial charge in [-0.05, 0) is 41.5 Å². The Kier molecular flexibility index (Phi) is 7.71. The standard InChI is InChI=1S/C31H27N5O.Pt/c1-23-20-34(29-15-7-9-17-32-29)21-27(23)36(31(37)19-24-11-3-2-4-12-24)28-22-35(30-16-8-10-18-33-30)26-14-6-5-13-25(26)28;/h2-4,7-12,15-18,20H,5-6,13-14,19H2,1H3;/q-2;+2. The van der Waals surface area contributed by atoms with Gasteiger partial charge in [0, 0.05) is 12.4 Å². The van der Waals surface area contributed by atoms with E-state index in [2.05, 4.69) is 22.4 Å². The smallest absolute Gasteiger partial charge is 0.434 e. The van der Waals surface area contributed by atoms with Crippen molar-refractivity contribution < 1.29 is 25.9 Å². The summed E-state index contributed by atoms with van der Waals surface area (Å²) >= 11 is 0. The summed E-state index contributed by atoms with van der Waals surface area (Å²) in [5.41, 5.74) is 5.76. The molecule has 4 heterocycles. The summed E-state index contributed by atoms with van der Waals surface area (Å²) in [7, 11) is 0. The third-order valence-electron chi connectivity index (χ3n) is 6.80. The van der Waals surface area contributed by atoms with Gasteiger partial charge < -0.3 is 14.0 Å². The van der Waals surface area contributed by atoms with Crippen LogP contribution in [0.3, 0.4) is 0 Å². The first kappa shape index (κ1) is 25.9. The summed E-state index contributed by atoms with van der Waals surface area (Å²) < 4.78 is 3.90. The Hall–Kier alpha value is -3.76. The van der Waals surface area contributed by atoms with Crippen LogP contribution in [-0.4, -0.2) is 25.0 Å². The Morgan fingerprint density at radius 3 is 2.26 bits per heavy atom. The summed E-state index contributed by atoms with van der Waals surface area (Å²) in [5.74, 6) is 1.55. The minimum absolute atomic E-state index is 0. The fourth-order valence-corrected chi connectivity index (χ4v) is 5.04. The van der Waals surface area contributed by atoms with Gasteiger partial charge in [-0.2, -0.15) is 0 Å². The van der Waals surface area contributed by atoms with Crippen LogP contribution in [0.15, 0.2) is 85.3 Å². The number of pyridine rings is 2. The van der Waals surface area contributed by atoms with Crippen LogP contribution in [0.5, 0.6) is 0 Å². The molecule has 0 spiro atoms. The zero-order chi connectivity index (χ0) is 25.2. The van der Waals surface area contributed by atoms with E-state index in [1.165, 1.54) is 5.69 Å². The molecule has 1 aliphatic rings. The second-order valence-electron chi connectivity index (χ2n) is 9.34. The number of aryl methyl sites for hydroxylation is 1. The average Bonchev–Trinajstić information content (AvgIpc) is 3.52. The molecule has 0 aliphatic heterocycles. The molecule has 6 nitrogen and oxygen atoms in total. The van der Waals surface area contributed by atoms with Gasteiger partial charge in [0.1, 0.15) is 0 Å². The number of aromatic nitrogens is 4. The Morgan fingerprint density at radius 2 is 1.55 bits per heavy atom. The molecule has 0 saturated heterocycles. The van der Waals surface area contributed by atoms with Crippen LogP contribution in [0.2, 0.25) is 0 Å². The van der Waals surface area contributed by atoms with Crippen molar-refractivity contribution in [2.24, 2.45) is 0 Å². The number of carbonyl (C=O) groups is 1. The van der Waals surface area contributed by atoms with E-state index < -0.39 is 0 Å². The van der Waals surface area contributed by atoms with E-state index in [4.69, 9.17) is 0 Å². The zero-order valence-electron chi connectivity index (χ0n) is 21.1. The predicted octanol–water partition coefficient (Wildman–Crippen LogP) is 5.75. The van der Waals surface area contributed by atoms with Gasteiger partial charge in [-0.1, -0.05) is 92.9 Å². The average molecular weight is 681 g/mol. The molecule has 0 fully saturated rings. The second-order valence-corrected chi connectivity index (χ2v) is 9.34. The van der Waals surface area contributed by atoms with E-state index in [-0.39, 0.29) is 33.4 Å². The Morgan fingerprint density at radius 1 is 0.868 bits per heavy atom. The van der Waals surface area contributed by atoms with Gasteiger partial charge in [-0.15, -0.1) is 17.3 Å². The second kappa shape index (κ2) is 11.3. The SMILES string of the molecule is Cc1cn(-c2ccccn2)[c-]c1N(C(=O)Cc1ccccc1)c1[c-]n(-c2ccccn2)c2c1CCCC2.[Pt+2]. The summed E-state index contributed by atoms with van der Waals surface area (Å²) in [4.78, 5) is 24.9. The summed E-state index contributed by atoms with van der Waals surface area (Å²) in [6.07, 6.45) is 16.8. The molecule has 0 N–H and O–H groups in total. The van der Waals surface area contributed by atoms with E-state index in [9.17, 15) is 4.79 Å². The number of benzene rings is 1. The van der Waals surface area contributed by atoms with Crippen molar-refractivity contribution in [3.05, 3.63) is 120 Å². The first-order valence-electron chi connectivity index (χ1n) is 12.7. The fourth-order valence-electron chi connectivity index (χ4n) is 5.04. The van der Waals surface area contributed by atoms with Crippen molar-refractivity contribution in [1.29, 1.82) is 0 Å². The van der Waals surface area contributed by atoms with Crippen molar-refractivity contribution in [3.63, 3.8) is 0 Å². The van der Waals surface area contributed by atoms with E-state index in [0.29, 0.717) is 0 Å². The molecule has 0 atom stereocenters. The maximum absolute atomic E-state index is 14.1. The molecule has 1 amide bonds. The molecule has 1 aromatic carbocycles. The molecule has 1 aliphatic carbocycles. The topological polar surface area (TPSA) is 56.0 Å². The van der Waals surface area contributed by atoms with Crippen LogP contribution in [0.25, 0.3) is 11.6 Å². The zero-order valence-corrected chi connectivity index (χ0v) is 23.4. The van der Waals surface area contributed by atoms with Gasteiger partial charge in [0.15, 0.2) is 0 Å². The normalized spacial score (nSPS) is 12.4. The molecule has 5 aromatic rings. The molecule has 4 aromatic heterocycles. The van der Waals surface area contributed by atoms with Crippen molar-refractivity contribution in [2.45, 2.75) is 39.0 Å². The van der Waals surface area contributed by atoms with Crippen molar-refractivity contribution in [3.8, 4) is 11.6 Å². The van der Waals surface area contributed by atoms with Crippen LogP contribution < -0.4 is 4.90 Å². The monoisotopic (exact) mass is 680 g/mol. The minimum atomic E-state index is -0.0212. The van der Waals surface area contributed by atoms with Crippen molar-refractivity contribution in [1.82, 2.24) is 19.1 Å².